The maximum absolute atomic E-state index is 12.2. The SMILES string of the molecule is CC(=N)/C(NC(=O)COC(=O)Cc1ccccc1N)=C(/C)Nc1ccccc1. The molecule has 0 aliphatic heterocycles. The molecule has 7 nitrogen and oxygen atoms in total. The summed E-state index contributed by atoms with van der Waals surface area (Å²) >= 11 is 0. The maximum Gasteiger partial charge on any atom is 0.310 e. The quantitative estimate of drug-likeness (QED) is 0.319. The Morgan fingerprint density at radius 2 is 1.68 bits per heavy atom. The van der Waals surface area contributed by atoms with Crippen LogP contribution in [0.3, 0.4) is 0 Å². The van der Waals surface area contributed by atoms with Crippen molar-refractivity contribution in [3.8, 4) is 0 Å². The molecule has 146 valence electrons. The molecule has 0 bridgehead atoms. The van der Waals surface area contributed by atoms with Gasteiger partial charge in [0.2, 0.25) is 0 Å². The molecule has 0 heterocycles. The van der Waals surface area contributed by atoms with Crippen molar-refractivity contribution in [3.05, 3.63) is 71.6 Å². The molecule has 2 aromatic carbocycles. The van der Waals surface area contributed by atoms with Crippen LogP contribution < -0.4 is 16.4 Å². The lowest BCUT2D eigenvalue weighted by molar-refractivity contribution is -0.147. The normalized spacial score (nSPS) is 11.2. The molecule has 2 aromatic rings. The van der Waals surface area contributed by atoms with Gasteiger partial charge in [0.25, 0.3) is 5.91 Å². The van der Waals surface area contributed by atoms with E-state index in [2.05, 4.69) is 10.6 Å². The fraction of sp³-hybridized carbons (Fsp3) is 0.190. The van der Waals surface area contributed by atoms with Crippen molar-refractivity contribution in [2.24, 2.45) is 0 Å². The first-order valence-corrected chi connectivity index (χ1v) is 8.74. The van der Waals surface area contributed by atoms with E-state index < -0.39 is 18.5 Å². The fourth-order valence-corrected chi connectivity index (χ4v) is 2.49. The summed E-state index contributed by atoms with van der Waals surface area (Å²) in [5.41, 5.74) is 8.89. The summed E-state index contributed by atoms with van der Waals surface area (Å²) in [5, 5.41) is 13.6. The first kappa shape index (κ1) is 20.7. The number of nitrogens with two attached hydrogens (primary N) is 1. The number of benzene rings is 2. The van der Waals surface area contributed by atoms with Crippen molar-refractivity contribution in [1.82, 2.24) is 5.32 Å². The number of para-hydroxylation sites is 2. The summed E-state index contributed by atoms with van der Waals surface area (Å²) in [4.78, 5) is 24.1. The molecule has 0 radical (unpaired) electrons. The van der Waals surface area contributed by atoms with Crippen LogP contribution in [0.2, 0.25) is 0 Å². The van der Waals surface area contributed by atoms with Crippen molar-refractivity contribution >= 4 is 29.0 Å². The van der Waals surface area contributed by atoms with Crippen LogP contribution in [0.1, 0.15) is 19.4 Å². The number of carbonyl (C=O) groups is 2. The lowest BCUT2D eigenvalue weighted by Gasteiger charge is -2.15. The van der Waals surface area contributed by atoms with E-state index >= 15 is 0 Å². The minimum atomic E-state index is -0.552. The topological polar surface area (TPSA) is 117 Å². The monoisotopic (exact) mass is 380 g/mol. The van der Waals surface area contributed by atoms with E-state index in [0.717, 1.165) is 5.69 Å². The first-order chi connectivity index (χ1) is 13.4. The first-order valence-electron chi connectivity index (χ1n) is 8.74. The number of carbonyl (C=O) groups excluding carboxylic acids is 2. The Kier molecular flexibility index (Phi) is 7.33. The smallest absolute Gasteiger partial charge is 0.310 e. The fourth-order valence-electron chi connectivity index (χ4n) is 2.49. The molecule has 0 aliphatic carbocycles. The second-order valence-electron chi connectivity index (χ2n) is 6.20. The Morgan fingerprint density at radius 3 is 2.32 bits per heavy atom. The average Bonchev–Trinajstić information content (AvgIpc) is 2.66. The predicted molar refractivity (Wildman–Crippen MR) is 110 cm³/mol. The minimum Gasteiger partial charge on any atom is -0.455 e. The van der Waals surface area contributed by atoms with Crippen molar-refractivity contribution in [2.45, 2.75) is 20.3 Å². The number of esters is 1. The third-order valence-electron chi connectivity index (χ3n) is 3.87. The molecule has 1 amide bonds. The largest absolute Gasteiger partial charge is 0.455 e. The molecular formula is C21H24N4O3. The van der Waals surface area contributed by atoms with Crippen LogP contribution in [0, 0.1) is 5.41 Å². The van der Waals surface area contributed by atoms with Crippen molar-refractivity contribution in [3.63, 3.8) is 0 Å². The van der Waals surface area contributed by atoms with Gasteiger partial charge in [-0.3, -0.25) is 9.59 Å². The molecule has 0 aliphatic rings. The van der Waals surface area contributed by atoms with E-state index in [4.69, 9.17) is 15.9 Å². The van der Waals surface area contributed by atoms with Gasteiger partial charge in [0, 0.05) is 17.1 Å². The summed E-state index contributed by atoms with van der Waals surface area (Å²) in [6, 6.07) is 16.4. The van der Waals surface area contributed by atoms with Crippen molar-refractivity contribution < 1.29 is 14.3 Å². The second kappa shape index (κ2) is 9.91. The Bertz CT molecular complexity index is 892. The molecule has 0 aromatic heterocycles. The van der Waals surface area contributed by atoms with E-state index in [-0.39, 0.29) is 12.1 Å². The molecular weight excluding hydrogens is 356 g/mol. The van der Waals surface area contributed by atoms with Gasteiger partial charge in [-0.15, -0.1) is 0 Å². The van der Waals surface area contributed by atoms with Gasteiger partial charge in [-0.05, 0) is 37.6 Å². The molecule has 0 fully saturated rings. The maximum atomic E-state index is 12.2. The van der Waals surface area contributed by atoms with Crippen LogP contribution >= 0.6 is 0 Å². The zero-order valence-corrected chi connectivity index (χ0v) is 15.9. The molecule has 0 atom stereocenters. The standard InChI is InChI=1S/C21H24N4O3/c1-14(22)21(15(2)24-17-9-4-3-5-10-17)25-19(26)13-28-20(27)12-16-8-6-7-11-18(16)23/h3-11,22,24H,12-13,23H2,1-2H3,(H,25,26)/b21-15+,22-14?. The van der Waals surface area contributed by atoms with Crippen LogP contribution in [-0.4, -0.2) is 24.2 Å². The molecule has 0 unspecified atom stereocenters. The highest BCUT2D eigenvalue weighted by Gasteiger charge is 2.14. The lowest BCUT2D eigenvalue weighted by atomic mass is 10.1. The molecule has 2 rings (SSSR count). The van der Waals surface area contributed by atoms with Gasteiger partial charge in [0.05, 0.1) is 17.8 Å². The van der Waals surface area contributed by atoms with Gasteiger partial charge in [-0.1, -0.05) is 36.4 Å². The second-order valence-corrected chi connectivity index (χ2v) is 6.20. The summed E-state index contributed by atoms with van der Waals surface area (Å²) in [6.45, 7) is 2.88. The molecule has 0 saturated heterocycles. The van der Waals surface area contributed by atoms with Crippen molar-refractivity contribution in [1.29, 1.82) is 5.41 Å². The summed E-state index contributed by atoms with van der Waals surface area (Å²) < 4.78 is 5.02. The zero-order valence-electron chi connectivity index (χ0n) is 15.9. The predicted octanol–water partition coefficient (Wildman–Crippen LogP) is 2.85. The number of hydrogen-bond acceptors (Lipinski definition) is 6. The van der Waals surface area contributed by atoms with Gasteiger partial charge >= 0.3 is 5.97 Å². The lowest BCUT2D eigenvalue weighted by Crippen LogP contribution is -2.32. The summed E-state index contributed by atoms with van der Waals surface area (Å²) in [6.07, 6.45) is -0.0131. The van der Waals surface area contributed by atoms with Gasteiger partial charge in [-0.25, -0.2) is 0 Å². The molecule has 28 heavy (non-hydrogen) atoms. The highest BCUT2D eigenvalue weighted by Crippen LogP contribution is 2.12. The highest BCUT2D eigenvalue weighted by molar-refractivity contribution is 6.00. The van der Waals surface area contributed by atoms with Gasteiger partial charge in [-0.2, -0.15) is 0 Å². The van der Waals surface area contributed by atoms with Crippen LogP contribution in [-0.2, 0) is 20.7 Å². The van der Waals surface area contributed by atoms with Gasteiger partial charge in [0.15, 0.2) is 6.61 Å². The molecule has 5 N–H and O–H groups in total. The number of nitrogens with one attached hydrogen (secondary N) is 3. The molecule has 0 spiro atoms. The van der Waals surface area contributed by atoms with E-state index in [1.165, 1.54) is 0 Å². The highest BCUT2D eigenvalue weighted by atomic mass is 16.5. The Labute approximate surface area is 164 Å². The average molecular weight is 380 g/mol. The van der Waals surface area contributed by atoms with E-state index in [9.17, 15) is 9.59 Å². The number of rotatable bonds is 8. The minimum absolute atomic E-state index is 0.0131. The van der Waals surface area contributed by atoms with Crippen LogP contribution in [0.25, 0.3) is 0 Å². The Balaban J connectivity index is 1.93. The third-order valence-corrected chi connectivity index (χ3v) is 3.87. The number of amides is 1. The van der Waals surface area contributed by atoms with Gasteiger partial charge < -0.3 is 26.5 Å². The van der Waals surface area contributed by atoms with E-state index in [1.807, 2.05) is 30.3 Å². The van der Waals surface area contributed by atoms with Crippen LogP contribution in [0.4, 0.5) is 11.4 Å². The van der Waals surface area contributed by atoms with Gasteiger partial charge in [0.1, 0.15) is 0 Å². The number of hydrogen-bond donors (Lipinski definition) is 4. The van der Waals surface area contributed by atoms with Crippen LogP contribution in [0.5, 0.6) is 0 Å². The van der Waals surface area contributed by atoms with E-state index in [1.54, 1.807) is 38.1 Å². The number of allylic oxidation sites excluding steroid dienone is 2. The van der Waals surface area contributed by atoms with E-state index in [0.29, 0.717) is 22.6 Å². The summed E-state index contributed by atoms with van der Waals surface area (Å²) in [7, 11) is 0. The Hall–Kier alpha value is -3.61. The zero-order chi connectivity index (χ0) is 20.5. The van der Waals surface area contributed by atoms with Crippen molar-refractivity contribution in [2.75, 3.05) is 17.7 Å². The number of ether oxygens (including phenoxy) is 1. The Morgan fingerprint density at radius 1 is 1.04 bits per heavy atom. The molecule has 7 heteroatoms. The molecule has 0 saturated carbocycles. The number of nitrogen functional groups attached to an aromatic ring is 1. The number of anilines is 2. The van der Waals surface area contributed by atoms with Crippen LogP contribution in [0.15, 0.2) is 66.0 Å². The third kappa shape index (κ3) is 6.28. The summed E-state index contributed by atoms with van der Waals surface area (Å²) in [5.74, 6) is -1.07.